The molecule has 1 aromatic carbocycles. The van der Waals surface area contributed by atoms with Gasteiger partial charge in [0.2, 0.25) is 0 Å². The molecule has 0 N–H and O–H groups in total. The van der Waals surface area contributed by atoms with E-state index >= 15 is 0 Å². The summed E-state index contributed by atoms with van der Waals surface area (Å²) in [6.07, 6.45) is 4.82. The summed E-state index contributed by atoms with van der Waals surface area (Å²) >= 11 is 0. The van der Waals surface area contributed by atoms with Crippen LogP contribution >= 0.6 is 0 Å². The number of aromatic nitrogens is 1. The molecule has 1 amide bonds. The van der Waals surface area contributed by atoms with Gasteiger partial charge in [0.25, 0.3) is 5.91 Å². The molecule has 0 unspecified atom stereocenters. The predicted molar refractivity (Wildman–Crippen MR) is 92.6 cm³/mol. The zero-order valence-electron chi connectivity index (χ0n) is 14.2. The molecular weight excluding hydrogens is 302 g/mol. The van der Waals surface area contributed by atoms with Crippen molar-refractivity contribution in [1.82, 2.24) is 15.0 Å². The van der Waals surface area contributed by atoms with Crippen LogP contribution in [0.4, 0.5) is 0 Å². The molecule has 2 aromatic rings. The molecule has 0 spiro atoms. The van der Waals surface area contributed by atoms with E-state index in [-0.39, 0.29) is 5.91 Å². The Morgan fingerprint density at radius 1 is 1.25 bits per heavy atom. The van der Waals surface area contributed by atoms with Crippen molar-refractivity contribution < 1.29 is 9.32 Å². The number of benzene rings is 1. The zero-order chi connectivity index (χ0) is 16.8. The van der Waals surface area contributed by atoms with E-state index in [9.17, 15) is 4.79 Å². The molecule has 0 aliphatic carbocycles. The molecule has 1 saturated heterocycles. The summed E-state index contributed by atoms with van der Waals surface area (Å²) in [6.45, 7) is 5.66. The lowest BCUT2D eigenvalue weighted by Gasteiger charge is -2.38. The second kappa shape index (κ2) is 8.11. The number of rotatable bonds is 6. The molecule has 3 rings (SSSR count). The summed E-state index contributed by atoms with van der Waals surface area (Å²) < 4.78 is 5.26. The van der Waals surface area contributed by atoms with E-state index in [4.69, 9.17) is 4.52 Å². The Morgan fingerprint density at radius 2 is 2.00 bits per heavy atom. The van der Waals surface area contributed by atoms with Gasteiger partial charge in [0, 0.05) is 30.8 Å². The minimum atomic E-state index is 0.145. The molecule has 0 atom stereocenters. The Labute approximate surface area is 143 Å². The quantitative estimate of drug-likeness (QED) is 0.817. The molecule has 1 aliphatic heterocycles. The van der Waals surface area contributed by atoms with Crippen LogP contribution in [0.25, 0.3) is 0 Å². The summed E-state index contributed by atoms with van der Waals surface area (Å²) in [6, 6.07) is 12.0. The molecule has 24 heavy (non-hydrogen) atoms. The first-order chi connectivity index (χ1) is 11.8. The van der Waals surface area contributed by atoms with Crippen molar-refractivity contribution in [1.29, 1.82) is 0 Å². The summed E-state index contributed by atoms with van der Waals surface area (Å²) in [5, 5.41) is 3.79. The summed E-state index contributed by atoms with van der Waals surface area (Å²) in [5.41, 5.74) is 0.781. The number of likely N-dealkylation sites (tertiary alicyclic amines) is 1. The van der Waals surface area contributed by atoms with E-state index in [0.717, 1.165) is 56.8 Å². The molecule has 0 saturated carbocycles. The number of amides is 1. The Morgan fingerprint density at radius 3 is 2.62 bits per heavy atom. The van der Waals surface area contributed by atoms with Gasteiger partial charge in [-0.25, -0.2) is 0 Å². The maximum Gasteiger partial charge on any atom is 0.253 e. The summed E-state index contributed by atoms with van der Waals surface area (Å²) in [4.78, 5) is 17.0. The van der Waals surface area contributed by atoms with E-state index in [1.807, 2.05) is 41.3 Å². The van der Waals surface area contributed by atoms with Gasteiger partial charge in [0.05, 0.1) is 12.7 Å². The number of hydrogen-bond acceptors (Lipinski definition) is 4. The summed E-state index contributed by atoms with van der Waals surface area (Å²) in [5.74, 6) is 1.05. The Kier molecular flexibility index (Phi) is 5.64. The second-order valence-corrected chi connectivity index (χ2v) is 6.34. The van der Waals surface area contributed by atoms with E-state index in [2.05, 4.69) is 17.0 Å². The van der Waals surface area contributed by atoms with Crippen molar-refractivity contribution in [3.8, 4) is 0 Å². The lowest BCUT2D eigenvalue weighted by molar-refractivity contribution is 0.0593. The molecule has 1 aliphatic rings. The van der Waals surface area contributed by atoms with Crippen molar-refractivity contribution >= 4 is 5.91 Å². The number of piperidine rings is 1. The molecule has 1 aromatic heterocycles. The van der Waals surface area contributed by atoms with Crippen LogP contribution in [0, 0.1) is 0 Å². The highest BCUT2D eigenvalue weighted by molar-refractivity contribution is 5.94. The normalized spacial score (nSPS) is 15.8. The van der Waals surface area contributed by atoms with Crippen LogP contribution in [-0.2, 0) is 6.54 Å². The topological polar surface area (TPSA) is 49.6 Å². The highest BCUT2D eigenvalue weighted by Crippen LogP contribution is 2.20. The van der Waals surface area contributed by atoms with Crippen molar-refractivity contribution in [2.45, 2.75) is 38.8 Å². The monoisotopic (exact) mass is 327 g/mol. The van der Waals surface area contributed by atoms with Gasteiger partial charge in [0.15, 0.2) is 5.76 Å². The van der Waals surface area contributed by atoms with Crippen LogP contribution in [-0.4, -0.2) is 46.5 Å². The van der Waals surface area contributed by atoms with Crippen molar-refractivity contribution in [2.75, 3.05) is 19.6 Å². The molecule has 5 nitrogen and oxygen atoms in total. The minimum absolute atomic E-state index is 0.145. The van der Waals surface area contributed by atoms with Crippen molar-refractivity contribution in [3.05, 3.63) is 53.9 Å². The van der Waals surface area contributed by atoms with Crippen LogP contribution in [0.3, 0.4) is 0 Å². The van der Waals surface area contributed by atoms with E-state index in [0.29, 0.717) is 6.04 Å². The van der Waals surface area contributed by atoms with Gasteiger partial charge in [-0.1, -0.05) is 30.3 Å². The molecule has 2 heterocycles. The highest BCUT2D eigenvalue weighted by atomic mass is 16.5. The average Bonchev–Trinajstić information content (AvgIpc) is 3.15. The van der Waals surface area contributed by atoms with Gasteiger partial charge in [0.1, 0.15) is 0 Å². The molecule has 1 fully saturated rings. The number of carbonyl (C=O) groups is 1. The largest absolute Gasteiger partial charge is 0.360 e. The smallest absolute Gasteiger partial charge is 0.253 e. The first-order valence-electron chi connectivity index (χ1n) is 8.76. The van der Waals surface area contributed by atoms with Gasteiger partial charge in [-0.15, -0.1) is 0 Å². The molecule has 128 valence electrons. The molecule has 0 radical (unpaired) electrons. The van der Waals surface area contributed by atoms with Crippen molar-refractivity contribution in [3.63, 3.8) is 0 Å². The molecule has 5 heteroatoms. The highest BCUT2D eigenvalue weighted by Gasteiger charge is 2.27. The van der Waals surface area contributed by atoms with E-state index in [1.54, 1.807) is 6.20 Å². The van der Waals surface area contributed by atoms with Gasteiger partial charge < -0.3 is 9.42 Å². The van der Waals surface area contributed by atoms with Crippen LogP contribution in [0.15, 0.2) is 47.1 Å². The lowest BCUT2D eigenvalue weighted by atomic mass is 10.0. The maximum atomic E-state index is 12.5. The standard InChI is InChI=1S/C19H25N3O2/c1-2-12-22(15-18-8-11-20-24-18)17-9-13-21(14-10-17)19(23)16-6-4-3-5-7-16/h3-8,11,17H,2,9-10,12-15H2,1H3. The number of nitrogens with zero attached hydrogens (tertiary/aromatic N) is 3. The fraction of sp³-hybridized carbons (Fsp3) is 0.474. The van der Waals surface area contributed by atoms with E-state index < -0.39 is 0 Å². The van der Waals surface area contributed by atoms with Crippen LogP contribution in [0.1, 0.15) is 42.3 Å². The number of carbonyl (C=O) groups excluding carboxylic acids is 1. The third kappa shape index (κ3) is 4.03. The third-order valence-corrected chi connectivity index (χ3v) is 4.65. The van der Waals surface area contributed by atoms with Crippen LogP contribution in [0.5, 0.6) is 0 Å². The van der Waals surface area contributed by atoms with Gasteiger partial charge in [-0.2, -0.15) is 0 Å². The lowest BCUT2D eigenvalue weighted by Crippen LogP contribution is -2.46. The Balaban J connectivity index is 1.57. The first-order valence-corrected chi connectivity index (χ1v) is 8.76. The van der Waals surface area contributed by atoms with Crippen LogP contribution < -0.4 is 0 Å². The average molecular weight is 327 g/mol. The number of hydrogen-bond donors (Lipinski definition) is 0. The van der Waals surface area contributed by atoms with Gasteiger partial charge in [-0.3, -0.25) is 9.69 Å². The fourth-order valence-electron chi connectivity index (χ4n) is 3.40. The minimum Gasteiger partial charge on any atom is -0.360 e. The Bertz CT molecular complexity index is 619. The SMILES string of the molecule is CCCN(Cc1ccno1)C1CCN(C(=O)c2ccccc2)CC1. The van der Waals surface area contributed by atoms with E-state index in [1.165, 1.54) is 0 Å². The van der Waals surface area contributed by atoms with Crippen molar-refractivity contribution in [2.24, 2.45) is 0 Å². The molecule has 0 bridgehead atoms. The third-order valence-electron chi connectivity index (χ3n) is 4.65. The first kappa shape index (κ1) is 16.7. The zero-order valence-corrected chi connectivity index (χ0v) is 14.2. The fourth-order valence-corrected chi connectivity index (χ4v) is 3.40. The Hall–Kier alpha value is -2.14. The predicted octanol–water partition coefficient (Wildman–Crippen LogP) is 3.19. The van der Waals surface area contributed by atoms with Crippen LogP contribution in [0.2, 0.25) is 0 Å². The van der Waals surface area contributed by atoms with Gasteiger partial charge in [-0.05, 0) is 37.9 Å². The second-order valence-electron chi connectivity index (χ2n) is 6.34. The molecular formula is C19H25N3O2. The maximum absolute atomic E-state index is 12.5. The van der Waals surface area contributed by atoms with Gasteiger partial charge >= 0.3 is 0 Å². The summed E-state index contributed by atoms with van der Waals surface area (Å²) in [7, 11) is 0.